The van der Waals surface area contributed by atoms with E-state index in [4.69, 9.17) is 9.72 Å². The average Bonchev–Trinajstić information content (AvgIpc) is 3.31. The van der Waals surface area contributed by atoms with Crippen LogP contribution in [-0.2, 0) is 9.53 Å². The molecular formula is C21H23N3O2. The molecule has 0 unspecified atom stereocenters. The second-order valence-electron chi connectivity index (χ2n) is 6.85. The van der Waals surface area contributed by atoms with E-state index in [0.717, 1.165) is 54.0 Å². The van der Waals surface area contributed by atoms with Crippen molar-refractivity contribution in [2.45, 2.75) is 38.7 Å². The van der Waals surface area contributed by atoms with Gasteiger partial charge in [-0.2, -0.15) is 0 Å². The molecule has 0 bridgehead atoms. The van der Waals surface area contributed by atoms with E-state index >= 15 is 0 Å². The molecule has 1 fully saturated rings. The third-order valence-corrected chi connectivity index (χ3v) is 4.86. The predicted molar refractivity (Wildman–Crippen MR) is 102 cm³/mol. The monoisotopic (exact) mass is 349 g/mol. The van der Waals surface area contributed by atoms with Crippen molar-refractivity contribution in [3.63, 3.8) is 0 Å². The molecule has 3 aromatic rings. The summed E-state index contributed by atoms with van der Waals surface area (Å²) in [6.07, 6.45) is 7.75. The SMILES string of the molecule is Cc1cccn2cc(-c3ccc(NC(=O)CC[C@H]4CCCO4)cc3)nc12. The molecule has 2 aromatic heterocycles. The smallest absolute Gasteiger partial charge is 0.224 e. The van der Waals surface area contributed by atoms with E-state index in [1.54, 1.807) is 0 Å². The molecule has 4 rings (SSSR count). The topological polar surface area (TPSA) is 55.6 Å². The van der Waals surface area contributed by atoms with E-state index in [1.807, 2.05) is 47.1 Å². The lowest BCUT2D eigenvalue weighted by Crippen LogP contribution is -2.15. The maximum atomic E-state index is 12.1. The highest BCUT2D eigenvalue weighted by Crippen LogP contribution is 2.23. The van der Waals surface area contributed by atoms with Crippen molar-refractivity contribution >= 4 is 17.2 Å². The molecule has 0 radical (unpaired) electrons. The number of rotatable bonds is 5. The zero-order chi connectivity index (χ0) is 17.9. The van der Waals surface area contributed by atoms with Crippen LogP contribution < -0.4 is 5.32 Å². The minimum absolute atomic E-state index is 0.0385. The van der Waals surface area contributed by atoms with Crippen molar-refractivity contribution in [2.24, 2.45) is 0 Å². The number of nitrogens with zero attached hydrogens (tertiary/aromatic N) is 2. The zero-order valence-corrected chi connectivity index (χ0v) is 14.9. The normalized spacial score (nSPS) is 16.9. The fourth-order valence-corrected chi connectivity index (χ4v) is 3.40. The molecule has 134 valence electrons. The van der Waals surface area contributed by atoms with Crippen molar-refractivity contribution < 1.29 is 9.53 Å². The Morgan fingerprint density at radius 1 is 1.31 bits per heavy atom. The lowest BCUT2D eigenvalue weighted by molar-refractivity contribution is -0.116. The molecule has 0 spiro atoms. The molecule has 1 aliphatic rings. The largest absolute Gasteiger partial charge is 0.378 e. The Morgan fingerprint density at radius 2 is 2.15 bits per heavy atom. The van der Waals surface area contributed by atoms with Gasteiger partial charge in [-0.3, -0.25) is 4.79 Å². The summed E-state index contributed by atoms with van der Waals surface area (Å²) < 4.78 is 7.60. The summed E-state index contributed by atoms with van der Waals surface area (Å²) in [5.41, 5.74) is 4.88. The molecule has 1 aromatic carbocycles. The van der Waals surface area contributed by atoms with E-state index in [-0.39, 0.29) is 12.0 Å². The number of amides is 1. The van der Waals surface area contributed by atoms with Gasteiger partial charge >= 0.3 is 0 Å². The van der Waals surface area contributed by atoms with Gasteiger partial charge in [-0.1, -0.05) is 18.2 Å². The number of carbonyl (C=O) groups is 1. The Morgan fingerprint density at radius 3 is 2.88 bits per heavy atom. The highest BCUT2D eigenvalue weighted by molar-refractivity contribution is 5.91. The van der Waals surface area contributed by atoms with Gasteiger partial charge in [0, 0.05) is 36.7 Å². The van der Waals surface area contributed by atoms with Crippen LogP contribution in [0, 0.1) is 6.92 Å². The number of pyridine rings is 1. The quantitative estimate of drug-likeness (QED) is 0.751. The third kappa shape index (κ3) is 3.63. The summed E-state index contributed by atoms with van der Waals surface area (Å²) in [4.78, 5) is 16.8. The maximum absolute atomic E-state index is 12.1. The van der Waals surface area contributed by atoms with E-state index < -0.39 is 0 Å². The van der Waals surface area contributed by atoms with Crippen LogP contribution in [0.15, 0.2) is 48.8 Å². The average molecular weight is 349 g/mol. The van der Waals surface area contributed by atoms with Gasteiger partial charge in [0.2, 0.25) is 5.91 Å². The molecule has 5 nitrogen and oxygen atoms in total. The minimum Gasteiger partial charge on any atom is -0.378 e. The molecular weight excluding hydrogens is 326 g/mol. The number of hydrogen-bond acceptors (Lipinski definition) is 3. The van der Waals surface area contributed by atoms with Gasteiger partial charge < -0.3 is 14.5 Å². The van der Waals surface area contributed by atoms with Crippen LogP contribution in [0.1, 0.15) is 31.2 Å². The summed E-state index contributed by atoms with van der Waals surface area (Å²) in [5.74, 6) is 0.0385. The Hall–Kier alpha value is -2.66. The fraction of sp³-hybridized carbons (Fsp3) is 0.333. The number of fused-ring (bicyclic) bond motifs is 1. The molecule has 1 amide bonds. The molecule has 0 aliphatic carbocycles. The van der Waals surface area contributed by atoms with Crippen LogP contribution in [0.4, 0.5) is 5.69 Å². The van der Waals surface area contributed by atoms with E-state index in [0.29, 0.717) is 6.42 Å². The predicted octanol–water partition coefficient (Wildman–Crippen LogP) is 4.21. The first-order valence-electron chi connectivity index (χ1n) is 9.15. The Labute approximate surface area is 153 Å². The number of aryl methyl sites for hydroxylation is 1. The van der Waals surface area contributed by atoms with Crippen LogP contribution in [-0.4, -0.2) is 28.0 Å². The van der Waals surface area contributed by atoms with Crippen molar-refractivity contribution in [3.05, 3.63) is 54.4 Å². The van der Waals surface area contributed by atoms with Crippen molar-refractivity contribution in [2.75, 3.05) is 11.9 Å². The number of hydrogen-bond donors (Lipinski definition) is 1. The lowest BCUT2D eigenvalue weighted by Gasteiger charge is -2.09. The highest BCUT2D eigenvalue weighted by atomic mass is 16.5. The Balaban J connectivity index is 1.41. The molecule has 3 heterocycles. The van der Waals surface area contributed by atoms with Crippen molar-refractivity contribution in [1.29, 1.82) is 0 Å². The van der Waals surface area contributed by atoms with Crippen LogP contribution in [0.3, 0.4) is 0 Å². The molecule has 1 atom stereocenters. The number of nitrogens with one attached hydrogen (secondary N) is 1. The van der Waals surface area contributed by atoms with Crippen LogP contribution in [0.5, 0.6) is 0 Å². The summed E-state index contributed by atoms with van der Waals surface area (Å²) in [5, 5.41) is 2.96. The number of aromatic nitrogens is 2. The van der Waals surface area contributed by atoms with Gasteiger partial charge in [0.05, 0.1) is 11.8 Å². The third-order valence-electron chi connectivity index (χ3n) is 4.86. The zero-order valence-electron chi connectivity index (χ0n) is 14.9. The lowest BCUT2D eigenvalue weighted by atomic mass is 10.1. The molecule has 0 saturated carbocycles. The van der Waals surface area contributed by atoms with Gasteiger partial charge in [-0.05, 0) is 49.9 Å². The van der Waals surface area contributed by atoms with Crippen molar-refractivity contribution in [3.8, 4) is 11.3 Å². The van der Waals surface area contributed by atoms with E-state index in [9.17, 15) is 4.79 Å². The Kier molecular flexibility index (Phi) is 4.71. The number of benzene rings is 1. The van der Waals surface area contributed by atoms with Crippen LogP contribution >= 0.6 is 0 Å². The number of ether oxygens (including phenoxy) is 1. The minimum atomic E-state index is 0.0385. The van der Waals surface area contributed by atoms with Gasteiger partial charge in [0.1, 0.15) is 5.65 Å². The van der Waals surface area contributed by atoms with Gasteiger partial charge in [0.15, 0.2) is 0 Å². The van der Waals surface area contributed by atoms with Crippen LogP contribution in [0.2, 0.25) is 0 Å². The highest BCUT2D eigenvalue weighted by Gasteiger charge is 2.16. The van der Waals surface area contributed by atoms with E-state index in [2.05, 4.69) is 18.3 Å². The van der Waals surface area contributed by atoms with E-state index in [1.165, 1.54) is 0 Å². The maximum Gasteiger partial charge on any atom is 0.224 e. The molecule has 1 saturated heterocycles. The van der Waals surface area contributed by atoms with Gasteiger partial charge in [-0.25, -0.2) is 4.98 Å². The number of anilines is 1. The van der Waals surface area contributed by atoms with Gasteiger partial charge in [0.25, 0.3) is 0 Å². The molecule has 1 N–H and O–H groups in total. The summed E-state index contributed by atoms with van der Waals surface area (Å²) in [6.45, 7) is 2.89. The summed E-state index contributed by atoms with van der Waals surface area (Å²) in [6, 6.07) is 11.9. The first-order valence-corrected chi connectivity index (χ1v) is 9.15. The first kappa shape index (κ1) is 16.8. The molecule has 5 heteroatoms. The second-order valence-corrected chi connectivity index (χ2v) is 6.85. The van der Waals surface area contributed by atoms with Gasteiger partial charge in [-0.15, -0.1) is 0 Å². The number of carbonyl (C=O) groups excluding carboxylic acids is 1. The standard InChI is InChI=1S/C21H23N3O2/c1-15-4-2-12-24-14-19(23-21(15)24)16-6-8-17(9-7-16)22-20(25)11-10-18-5-3-13-26-18/h2,4,6-9,12,14,18H,3,5,10-11,13H2,1H3,(H,22,25)/t18-/m1/s1. The van der Waals surface area contributed by atoms with Crippen LogP contribution in [0.25, 0.3) is 16.9 Å². The Bertz CT molecular complexity index is 909. The molecule has 26 heavy (non-hydrogen) atoms. The first-order chi connectivity index (χ1) is 12.7. The fourth-order valence-electron chi connectivity index (χ4n) is 3.40. The van der Waals surface area contributed by atoms with Crippen molar-refractivity contribution in [1.82, 2.24) is 9.38 Å². The summed E-state index contributed by atoms with van der Waals surface area (Å²) >= 11 is 0. The number of imidazole rings is 1. The second kappa shape index (κ2) is 7.30. The summed E-state index contributed by atoms with van der Waals surface area (Å²) in [7, 11) is 0. The molecule has 1 aliphatic heterocycles.